The minimum atomic E-state index is -0.167. The van der Waals surface area contributed by atoms with E-state index < -0.39 is 0 Å². The van der Waals surface area contributed by atoms with Gasteiger partial charge in [-0.25, -0.2) is 0 Å². The van der Waals surface area contributed by atoms with Crippen molar-refractivity contribution in [1.29, 1.82) is 0 Å². The lowest BCUT2D eigenvalue weighted by molar-refractivity contribution is 0.102. The number of benzene rings is 1. The van der Waals surface area contributed by atoms with E-state index in [2.05, 4.69) is 5.32 Å². The Morgan fingerprint density at radius 1 is 1.33 bits per heavy atom. The maximum absolute atomic E-state index is 11.8. The van der Waals surface area contributed by atoms with Crippen LogP contribution in [0.15, 0.2) is 47.3 Å². The molecule has 0 aliphatic carbocycles. The standard InChI is InChI=1S/C14H16N2O2/c15-7-2-4-11-3-1-5-13(9-11)16-14(17)12-6-8-18-10-12/h1,3,5-6,8-10H,2,4,7,15H2,(H,16,17). The molecule has 18 heavy (non-hydrogen) atoms. The summed E-state index contributed by atoms with van der Waals surface area (Å²) < 4.78 is 4.88. The molecule has 2 rings (SSSR count). The van der Waals surface area contributed by atoms with Gasteiger partial charge in [-0.15, -0.1) is 0 Å². The van der Waals surface area contributed by atoms with Crippen LogP contribution in [0.3, 0.4) is 0 Å². The zero-order valence-electron chi connectivity index (χ0n) is 10.1. The van der Waals surface area contributed by atoms with Crippen LogP contribution in [-0.2, 0) is 6.42 Å². The number of furan rings is 1. The van der Waals surface area contributed by atoms with E-state index in [1.807, 2.05) is 24.3 Å². The Morgan fingerprint density at radius 2 is 2.22 bits per heavy atom. The first-order chi connectivity index (χ1) is 8.79. The third-order valence-corrected chi connectivity index (χ3v) is 2.64. The lowest BCUT2D eigenvalue weighted by Crippen LogP contribution is -2.11. The van der Waals surface area contributed by atoms with Crippen molar-refractivity contribution in [1.82, 2.24) is 0 Å². The van der Waals surface area contributed by atoms with Crippen molar-refractivity contribution in [3.05, 3.63) is 54.0 Å². The smallest absolute Gasteiger partial charge is 0.258 e. The first-order valence-electron chi connectivity index (χ1n) is 5.92. The highest BCUT2D eigenvalue weighted by molar-refractivity contribution is 6.03. The van der Waals surface area contributed by atoms with Crippen molar-refractivity contribution >= 4 is 11.6 Å². The van der Waals surface area contributed by atoms with Crippen molar-refractivity contribution < 1.29 is 9.21 Å². The summed E-state index contributed by atoms with van der Waals surface area (Å²) in [5.41, 5.74) is 7.95. The van der Waals surface area contributed by atoms with Crippen molar-refractivity contribution in [2.75, 3.05) is 11.9 Å². The number of anilines is 1. The molecule has 1 heterocycles. The molecule has 0 radical (unpaired) electrons. The molecular weight excluding hydrogens is 228 g/mol. The summed E-state index contributed by atoms with van der Waals surface area (Å²) in [6.07, 6.45) is 4.77. The summed E-state index contributed by atoms with van der Waals surface area (Å²) in [6, 6.07) is 9.42. The highest BCUT2D eigenvalue weighted by atomic mass is 16.3. The monoisotopic (exact) mass is 244 g/mol. The molecular formula is C14H16N2O2. The van der Waals surface area contributed by atoms with Gasteiger partial charge in [-0.2, -0.15) is 0 Å². The van der Waals surface area contributed by atoms with Gasteiger partial charge in [0.15, 0.2) is 0 Å². The van der Waals surface area contributed by atoms with E-state index in [-0.39, 0.29) is 5.91 Å². The number of nitrogens with one attached hydrogen (secondary N) is 1. The second-order valence-corrected chi connectivity index (χ2v) is 4.06. The molecule has 4 heteroatoms. The molecule has 0 bridgehead atoms. The summed E-state index contributed by atoms with van der Waals surface area (Å²) in [6.45, 7) is 0.672. The minimum absolute atomic E-state index is 0.167. The van der Waals surface area contributed by atoms with Gasteiger partial charge in [0.05, 0.1) is 11.8 Å². The lowest BCUT2D eigenvalue weighted by Gasteiger charge is -2.06. The molecule has 0 aliphatic rings. The lowest BCUT2D eigenvalue weighted by atomic mass is 10.1. The van der Waals surface area contributed by atoms with Gasteiger partial charge < -0.3 is 15.5 Å². The van der Waals surface area contributed by atoms with Gasteiger partial charge in [-0.3, -0.25) is 4.79 Å². The highest BCUT2D eigenvalue weighted by Gasteiger charge is 2.07. The van der Waals surface area contributed by atoms with Crippen molar-refractivity contribution in [3.63, 3.8) is 0 Å². The average molecular weight is 244 g/mol. The fraction of sp³-hybridized carbons (Fsp3) is 0.214. The Bertz CT molecular complexity index is 506. The fourth-order valence-electron chi connectivity index (χ4n) is 1.71. The largest absolute Gasteiger partial charge is 0.472 e. The number of carbonyl (C=O) groups excluding carboxylic acids is 1. The van der Waals surface area contributed by atoms with E-state index in [1.54, 1.807) is 6.07 Å². The first kappa shape index (κ1) is 12.4. The topological polar surface area (TPSA) is 68.3 Å². The molecule has 0 aliphatic heterocycles. The zero-order chi connectivity index (χ0) is 12.8. The summed E-state index contributed by atoms with van der Waals surface area (Å²) in [5, 5.41) is 2.83. The molecule has 0 unspecified atom stereocenters. The summed E-state index contributed by atoms with van der Waals surface area (Å²) in [7, 11) is 0. The average Bonchev–Trinajstić information content (AvgIpc) is 2.91. The van der Waals surface area contributed by atoms with E-state index in [4.69, 9.17) is 10.2 Å². The summed E-state index contributed by atoms with van der Waals surface area (Å²) >= 11 is 0. The number of aryl methyl sites for hydroxylation is 1. The second-order valence-electron chi connectivity index (χ2n) is 4.06. The Balaban J connectivity index is 2.03. The van der Waals surface area contributed by atoms with Crippen LogP contribution in [0.5, 0.6) is 0 Å². The molecule has 3 N–H and O–H groups in total. The van der Waals surface area contributed by atoms with Gasteiger partial charge in [0.2, 0.25) is 0 Å². The van der Waals surface area contributed by atoms with Crippen LogP contribution in [0.4, 0.5) is 5.69 Å². The molecule has 1 aromatic heterocycles. The van der Waals surface area contributed by atoms with Crippen LogP contribution in [-0.4, -0.2) is 12.5 Å². The Morgan fingerprint density at radius 3 is 2.94 bits per heavy atom. The van der Waals surface area contributed by atoms with Gasteiger partial charge in [-0.05, 0) is 43.1 Å². The van der Waals surface area contributed by atoms with Gasteiger partial charge >= 0.3 is 0 Å². The molecule has 94 valence electrons. The maximum atomic E-state index is 11.8. The molecule has 0 saturated carbocycles. The number of carbonyl (C=O) groups is 1. The number of nitrogens with two attached hydrogens (primary N) is 1. The summed E-state index contributed by atoms with van der Waals surface area (Å²) in [5.74, 6) is -0.167. The third kappa shape index (κ3) is 3.21. The van der Waals surface area contributed by atoms with Crippen LogP contribution in [0.2, 0.25) is 0 Å². The predicted molar refractivity (Wildman–Crippen MR) is 70.5 cm³/mol. The quantitative estimate of drug-likeness (QED) is 0.848. The Kier molecular flexibility index (Phi) is 4.15. The predicted octanol–water partition coefficient (Wildman–Crippen LogP) is 2.42. The van der Waals surface area contributed by atoms with Gasteiger partial charge in [0.1, 0.15) is 6.26 Å². The molecule has 0 atom stereocenters. The van der Waals surface area contributed by atoms with Crippen LogP contribution in [0.1, 0.15) is 22.3 Å². The molecule has 0 saturated heterocycles. The van der Waals surface area contributed by atoms with Crippen LogP contribution >= 0.6 is 0 Å². The number of rotatable bonds is 5. The fourth-order valence-corrected chi connectivity index (χ4v) is 1.71. The molecule has 4 nitrogen and oxygen atoms in total. The Labute approximate surface area is 106 Å². The molecule has 1 aromatic carbocycles. The number of amides is 1. The summed E-state index contributed by atoms with van der Waals surface area (Å²) in [4.78, 5) is 11.8. The number of hydrogen-bond acceptors (Lipinski definition) is 3. The third-order valence-electron chi connectivity index (χ3n) is 2.64. The normalized spacial score (nSPS) is 10.3. The van der Waals surface area contributed by atoms with Crippen LogP contribution in [0, 0.1) is 0 Å². The molecule has 2 aromatic rings. The number of hydrogen-bond donors (Lipinski definition) is 2. The second kappa shape index (κ2) is 6.02. The van der Waals surface area contributed by atoms with Crippen LogP contribution < -0.4 is 11.1 Å². The van der Waals surface area contributed by atoms with E-state index >= 15 is 0 Å². The molecule has 0 spiro atoms. The zero-order valence-corrected chi connectivity index (χ0v) is 10.1. The van der Waals surface area contributed by atoms with Crippen molar-refractivity contribution in [2.45, 2.75) is 12.8 Å². The van der Waals surface area contributed by atoms with Gasteiger partial charge in [0, 0.05) is 5.69 Å². The van der Waals surface area contributed by atoms with Crippen molar-refractivity contribution in [3.8, 4) is 0 Å². The highest BCUT2D eigenvalue weighted by Crippen LogP contribution is 2.13. The van der Waals surface area contributed by atoms with E-state index in [1.165, 1.54) is 18.1 Å². The van der Waals surface area contributed by atoms with E-state index in [9.17, 15) is 4.79 Å². The van der Waals surface area contributed by atoms with Gasteiger partial charge in [0.25, 0.3) is 5.91 Å². The molecule has 0 fully saturated rings. The van der Waals surface area contributed by atoms with Crippen molar-refractivity contribution in [2.24, 2.45) is 5.73 Å². The van der Waals surface area contributed by atoms with E-state index in [0.29, 0.717) is 12.1 Å². The SMILES string of the molecule is NCCCc1cccc(NC(=O)c2ccoc2)c1. The first-order valence-corrected chi connectivity index (χ1v) is 5.92. The Hall–Kier alpha value is -2.07. The van der Waals surface area contributed by atoms with Gasteiger partial charge in [-0.1, -0.05) is 12.1 Å². The minimum Gasteiger partial charge on any atom is -0.472 e. The van der Waals surface area contributed by atoms with Crippen LogP contribution in [0.25, 0.3) is 0 Å². The van der Waals surface area contributed by atoms with E-state index in [0.717, 1.165) is 18.5 Å². The maximum Gasteiger partial charge on any atom is 0.258 e. The molecule has 1 amide bonds.